The monoisotopic (exact) mass is 536 g/mol. The van der Waals surface area contributed by atoms with Crippen LogP contribution in [0, 0.1) is 12.3 Å². The van der Waals surface area contributed by atoms with Crippen molar-refractivity contribution in [3.05, 3.63) is 83.2 Å². The molecule has 3 aliphatic heterocycles. The molecule has 1 spiro atoms. The first-order valence-corrected chi connectivity index (χ1v) is 13.3. The highest BCUT2D eigenvalue weighted by Gasteiger charge is 2.44. The molecular formula is C30H31F3N4O2. The van der Waals surface area contributed by atoms with E-state index in [1.54, 1.807) is 6.07 Å². The average molecular weight is 537 g/mol. The third-order valence-electron chi connectivity index (χ3n) is 8.31. The number of carbonyl (C=O) groups excluding carboxylic acids is 1. The van der Waals surface area contributed by atoms with Crippen LogP contribution in [-0.4, -0.2) is 50.3 Å². The van der Waals surface area contributed by atoms with E-state index in [1.807, 2.05) is 31.5 Å². The molecule has 3 saturated heterocycles. The van der Waals surface area contributed by atoms with Gasteiger partial charge in [-0.2, -0.15) is 13.2 Å². The zero-order valence-electron chi connectivity index (χ0n) is 21.8. The summed E-state index contributed by atoms with van der Waals surface area (Å²) in [5, 5.41) is 2.62. The summed E-state index contributed by atoms with van der Waals surface area (Å²) in [5.74, 6) is -0.195. The molecule has 1 atom stereocenters. The number of nitrogens with zero attached hydrogens (tertiary/aromatic N) is 3. The predicted octanol–water partition coefficient (Wildman–Crippen LogP) is 5.88. The van der Waals surface area contributed by atoms with Crippen LogP contribution in [0.4, 0.5) is 30.2 Å². The Balaban J connectivity index is 1.14. The average Bonchev–Trinajstić information content (AvgIpc) is 3.57. The van der Waals surface area contributed by atoms with Crippen molar-refractivity contribution in [3.63, 3.8) is 0 Å². The van der Waals surface area contributed by atoms with Crippen LogP contribution < -0.4 is 15.1 Å². The van der Waals surface area contributed by atoms with Crippen molar-refractivity contribution in [2.24, 2.45) is 5.41 Å². The Morgan fingerprint density at radius 3 is 2.56 bits per heavy atom. The molecule has 1 unspecified atom stereocenters. The van der Waals surface area contributed by atoms with Gasteiger partial charge in [-0.1, -0.05) is 12.1 Å². The maximum atomic E-state index is 13.1. The molecule has 1 amide bonds. The zero-order chi connectivity index (χ0) is 27.2. The van der Waals surface area contributed by atoms with Gasteiger partial charge in [0, 0.05) is 48.8 Å². The van der Waals surface area contributed by atoms with E-state index in [2.05, 4.69) is 26.2 Å². The summed E-state index contributed by atoms with van der Waals surface area (Å²) >= 11 is 0. The second kappa shape index (κ2) is 9.86. The number of amides is 1. The first kappa shape index (κ1) is 25.7. The number of hydrogen-bond acceptors (Lipinski definition) is 5. The lowest BCUT2D eigenvalue weighted by Crippen LogP contribution is -2.44. The minimum Gasteiger partial charge on any atom is -0.380 e. The lowest BCUT2D eigenvalue weighted by molar-refractivity contribution is -0.137. The van der Waals surface area contributed by atoms with Gasteiger partial charge in [0.1, 0.15) is 0 Å². The Kier molecular flexibility index (Phi) is 6.49. The first-order valence-electron chi connectivity index (χ1n) is 13.3. The van der Waals surface area contributed by atoms with Crippen molar-refractivity contribution >= 4 is 23.0 Å². The normalized spacial score (nSPS) is 20.4. The van der Waals surface area contributed by atoms with Gasteiger partial charge in [-0.3, -0.25) is 9.78 Å². The second-order valence-corrected chi connectivity index (χ2v) is 11.1. The van der Waals surface area contributed by atoms with Gasteiger partial charge in [-0.05, 0) is 67.3 Å². The van der Waals surface area contributed by atoms with Crippen LogP contribution in [0.5, 0.6) is 0 Å². The summed E-state index contributed by atoms with van der Waals surface area (Å²) < 4.78 is 44.7. The maximum Gasteiger partial charge on any atom is 0.416 e. The number of halogens is 3. The van der Waals surface area contributed by atoms with Gasteiger partial charge in [0.2, 0.25) is 0 Å². The molecule has 3 aliphatic rings. The molecule has 1 N–H and O–H groups in total. The van der Waals surface area contributed by atoms with Gasteiger partial charge < -0.3 is 19.9 Å². The number of pyridine rings is 1. The van der Waals surface area contributed by atoms with Gasteiger partial charge in [0.25, 0.3) is 5.91 Å². The van der Waals surface area contributed by atoms with Gasteiger partial charge in [-0.25, -0.2) is 0 Å². The Bertz CT molecular complexity index is 1390. The van der Waals surface area contributed by atoms with Gasteiger partial charge >= 0.3 is 6.18 Å². The lowest BCUT2D eigenvalue weighted by Gasteiger charge is -2.37. The molecule has 4 heterocycles. The van der Waals surface area contributed by atoms with Gasteiger partial charge in [0.05, 0.1) is 42.5 Å². The molecule has 1 aromatic heterocycles. The van der Waals surface area contributed by atoms with Crippen molar-refractivity contribution in [1.29, 1.82) is 0 Å². The highest BCUT2D eigenvalue weighted by atomic mass is 19.4. The number of nitrogens with one attached hydrogen (secondary N) is 1. The first-order chi connectivity index (χ1) is 18.7. The fraction of sp³-hybridized carbons (Fsp3) is 0.400. The highest BCUT2D eigenvalue weighted by Crippen LogP contribution is 2.40. The topological polar surface area (TPSA) is 57.7 Å². The van der Waals surface area contributed by atoms with Gasteiger partial charge in [-0.15, -0.1) is 0 Å². The smallest absolute Gasteiger partial charge is 0.380 e. The molecule has 3 aromatic rings. The molecule has 39 heavy (non-hydrogen) atoms. The van der Waals surface area contributed by atoms with Crippen LogP contribution >= 0.6 is 0 Å². The van der Waals surface area contributed by atoms with E-state index >= 15 is 0 Å². The predicted molar refractivity (Wildman–Crippen MR) is 144 cm³/mol. The number of hydrogen-bond donors (Lipinski definition) is 1. The Labute approximate surface area is 225 Å². The summed E-state index contributed by atoms with van der Waals surface area (Å²) in [6.07, 6.45) is 1.47. The number of aryl methyl sites for hydroxylation is 1. The number of anilines is 3. The van der Waals surface area contributed by atoms with E-state index in [-0.39, 0.29) is 11.6 Å². The fourth-order valence-electron chi connectivity index (χ4n) is 5.99. The molecule has 6 rings (SSSR count). The summed E-state index contributed by atoms with van der Waals surface area (Å²) in [7, 11) is 0. The third-order valence-corrected chi connectivity index (χ3v) is 8.31. The van der Waals surface area contributed by atoms with E-state index in [4.69, 9.17) is 4.74 Å². The van der Waals surface area contributed by atoms with E-state index in [0.29, 0.717) is 11.0 Å². The molecule has 2 aromatic carbocycles. The number of rotatable bonds is 5. The van der Waals surface area contributed by atoms with Gasteiger partial charge in [0.15, 0.2) is 0 Å². The second-order valence-electron chi connectivity index (χ2n) is 11.1. The summed E-state index contributed by atoms with van der Waals surface area (Å²) in [6.45, 7) is 7.45. The Morgan fingerprint density at radius 2 is 1.85 bits per heavy atom. The van der Waals surface area contributed by atoms with Crippen molar-refractivity contribution in [2.45, 2.75) is 31.9 Å². The minimum atomic E-state index is -4.47. The lowest BCUT2D eigenvalue weighted by atomic mass is 9.85. The maximum absolute atomic E-state index is 13.1. The Morgan fingerprint density at radius 1 is 1.05 bits per heavy atom. The van der Waals surface area contributed by atoms with Crippen molar-refractivity contribution in [3.8, 4) is 0 Å². The number of ether oxygens (including phenoxy) is 1. The van der Waals surface area contributed by atoms with Crippen molar-refractivity contribution < 1.29 is 22.7 Å². The molecule has 0 bridgehead atoms. The summed E-state index contributed by atoms with van der Waals surface area (Å²) in [5.41, 5.74) is 4.48. The molecule has 0 radical (unpaired) electrons. The SMILES string of the molecule is Cc1ccc(C(=O)Nc2cccc(C(F)(F)F)c2)cc1C1CCN(c2cncc(N3CCC4(COC4)C3)c2)C1. The molecule has 3 fully saturated rings. The zero-order valence-corrected chi connectivity index (χ0v) is 21.8. The minimum absolute atomic E-state index is 0.116. The molecule has 0 saturated carbocycles. The summed E-state index contributed by atoms with van der Waals surface area (Å²) in [4.78, 5) is 22.2. The molecule has 6 nitrogen and oxygen atoms in total. The number of aromatic nitrogens is 1. The third kappa shape index (κ3) is 5.20. The van der Waals surface area contributed by atoms with E-state index < -0.39 is 17.6 Å². The number of carbonyl (C=O) groups is 1. The van der Waals surface area contributed by atoms with Crippen LogP contribution in [0.1, 0.15) is 45.8 Å². The van der Waals surface area contributed by atoms with Crippen LogP contribution in [-0.2, 0) is 10.9 Å². The standard InChI is InChI=1S/C30H31F3N4O2/c1-20-5-6-21(28(38)35-24-4-2-3-23(12-24)30(31,32)33)11-27(20)22-7-9-36(16-22)25-13-26(15-34-14-25)37-10-8-29(17-37)18-39-19-29/h2-6,11-15,22H,7-10,16-19H2,1H3,(H,35,38). The molecule has 0 aliphatic carbocycles. The van der Waals surface area contributed by atoms with E-state index in [0.717, 1.165) is 86.9 Å². The summed E-state index contributed by atoms with van der Waals surface area (Å²) in [6, 6.07) is 12.4. The highest BCUT2D eigenvalue weighted by molar-refractivity contribution is 6.04. The van der Waals surface area contributed by atoms with Crippen molar-refractivity contribution in [2.75, 3.05) is 54.5 Å². The molecular weight excluding hydrogens is 505 g/mol. The Hall–Kier alpha value is -3.59. The van der Waals surface area contributed by atoms with Crippen molar-refractivity contribution in [1.82, 2.24) is 4.98 Å². The number of benzene rings is 2. The van der Waals surface area contributed by atoms with E-state index in [1.165, 1.54) is 12.1 Å². The van der Waals surface area contributed by atoms with E-state index in [9.17, 15) is 18.0 Å². The fourth-order valence-corrected chi connectivity index (χ4v) is 5.99. The largest absolute Gasteiger partial charge is 0.416 e. The molecule has 204 valence electrons. The quantitative estimate of drug-likeness (QED) is 0.441. The van der Waals surface area contributed by atoms with Crippen LogP contribution in [0.25, 0.3) is 0 Å². The van der Waals surface area contributed by atoms with Crippen LogP contribution in [0.3, 0.4) is 0 Å². The molecule has 9 heteroatoms. The van der Waals surface area contributed by atoms with Crippen LogP contribution in [0.15, 0.2) is 60.9 Å². The van der Waals surface area contributed by atoms with Crippen LogP contribution in [0.2, 0.25) is 0 Å². The number of alkyl halides is 3.